The van der Waals surface area contributed by atoms with Crippen LogP contribution >= 0.6 is 0 Å². The molecule has 0 spiro atoms. The van der Waals surface area contributed by atoms with E-state index in [9.17, 15) is 8.42 Å². The molecule has 0 bridgehead atoms. The normalized spacial score (nSPS) is 28.4. The van der Waals surface area contributed by atoms with Gasteiger partial charge < -0.3 is 4.90 Å². The molecule has 1 aromatic rings. The Bertz CT molecular complexity index is 667. The molecule has 1 saturated carbocycles. The molecule has 1 unspecified atom stereocenters. The lowest BCUT2D eigenvalue weighted by Gasteiger charge is -2.37. The van der Waals surface area contributed by atoms with Gasteiger partial charge in [0.1, 0.15) is 0 Å². The second-order valence-corrected chi connectivity index (χ2v) is 9.82. The van der Waals surface area contributed by atoms with E-state index in [1.54, 1.807) is 4.31 Å². The van der Waals surface area contributed by atoms with Crippen LogP contribution in [-0.4, -0.2) is 80.1 Å². The van der Waals surface area contributed by atoms with Crippen molar-refractivity contribution in [1.82, 2.24) is 14.1 Å². The Balaban J connectivity index is 1.29. The standard InChI is InChI=1S/C19H29N3O2S/c23-25(24)16-19(15-22(25)9-8-17-4-2-1-3-5-17)21-12-10-20(11-13-21)14-18-6-7-18/h1-5,18-19H,6-16H2. The lowest BCUT2D eigenvalue weighted by Crippen LogP contribution is -2.52. The number of nitrogens with zero attached hydrogens (tertiary/aromatic N) is 3. The molecule has 0 radical (unpaired) electrons. The van der Waals surface area contributed by atoms with Crippen molar-refractivity contribution in [1.29, 1.82) is 0 Å². The minimum atomic E-state index is -3.10. The van der Waals surface area contributed by atoms with Crippen molar-refractivity contribution in [3.8, 4) is 0 Å². The summed E-state index contributed by atoms with van der Waals surface area (Å²) in [6, 6.07) is 10.3. The summed E-state index contributed by atoms with van der Waals surface area (Å²) in [4.78, 5) is 4.97. The first-order chi connectivity index (χ1) is 12.1. The number of sulfonamides is 1. The number of hydrogen-bond donors (Lipinski definition) is 0. The molecule has 1 atom stereocenters. The topological polar surface area (TPSA) is 43.9 Å². The molecule has 3 fully saturated rings. The third kappa shape index (κ3) is 4.42. The van der Waals surface area contributed by atoms with Crippen LogP contribution in [0.4, 0.5) is 0 Å². The molecule has 1 aromatic carbocycles. The fraction of sp³-hybridized carbons (Fsp3) is 0.684. The van der Waals surface area contributed by atoms with E-state index in [4.69, 9.17) is 0 Å². The fourth-order valence-electron chi connectivity index (χ4n) is 4.08. The van der Waals surface area contributed by atoms with Crippen LogP contribution in [0.5, 0.6) is 0 Å². The molecule has 5 nitrogen and oxygen atoms in total. The molecule has 6 heteroatoms. The highest BCUT2D eigenvalue weighted by Gasteiger charge is 2.39. The van der Waals surface area contributed by atoms with E-state index in [2.05, 4.69) is 21.9 Å². The molecule has 138 valence electrons. The lowest BCUT2D eigenvalue weighted by molar-refractivity contribution is 0.0985. The van der Waals surface area contributed by atoms with Crippen LogP contribution in [0.25, 0.3) is 0 Å². The molecule has 2 saturated heterocycles. The molecular weight excluding hydrogens is 334 g/mol. The SMILES string of the molecule is O=S1(=O)CC(N2CCN(CC3CC3)CC2)CN1CCc1ccccc1. The Morgan fingerprint density at radius 3 is 2.40 bits per heavy atom. The van der Waals surface area contributed by atoms with Crippen molar-refractivity contribution >= 4 is 10.0 Å². The highest BCUT2D eigenvalue weighted by molar-refractivity contribution is 7.89. The van der Waals surface area contributed by atoms with Crippen LogP contribution < -0.4 is 0 Å². The molecular formula is C19H29N3O2S. The van der Waals surface area contributed by atoms with Crippen LogP contribution in [0.3, 0.4) is 0 Å². The summed E-state index contributed by atoms with van der Waals surface area (Å²) >= 11 is 0. The summed E-state index contributed by atoms with van der Waals surface area (Å²) < 4.78 is 26.8. The number of rotatable bonds is 6. The zero-order valence-corrected chi connectivity index (χ0v) is 15.7. The van der Waals surface area contributed by atoms with E-state index in [0.717, 1.165) is 38.5 Å². The highest BCUT2D eigenvalue weighted by atomic mass is 32.2. The van der Waals surface area contributed by atoms with Crippen LogP contribution in [0.1, 0.15) is 18.4 Å². The lowest BCUT2D eigenvalue weighted by atomic mass is 10.1. The Labute approximate surface area is 151 Å². The van der Waals surface area contributed by atoms with E-state index in [1.165, 1.54) is 24.9 Å². The number of piperazine rings is 1. The van der Waals surface area contributed by atoms with Gasteiger partial charge in [0.25, 0.3) is 0 Å². The minimum absolute atomic E-state index is 0.170. The smallest absolute Gasteiger partial charge is 0.215 e. The molecule has 0 aromatic heterocycles. The second-order valence-electron chi connectivity index (χ2n) is 7.81. The van der Waals surface area contributed by atoms with Gasteiger partial charge in [-0.25, -0.2) is 8.42 Å². The van der Waals surface area contributed by atoms with Gasteiger partial charge in [0.2, 0.25) is 10.0 Å². The first-order valence-corrected chi connectivity index (χ1v) is 11.2. The number of benzene rings is 1. The average molecular weight is 364 g/mol. The monoisotopic (exact) mass is 363 g/mol. The predicted octanol–water partition coefficient (Wildman–Crippen LogP) is 1.27. The van der Waals surface area contributed by atoms with Gasteiger partial charge in [-0.15, -0.1) is 0 Å². The quantitative estimate of drug-likeness (QED) is 0.764. The highest BCUT2D eigenvalue weighted by Crippen LogP contribution is 2.30. The summed E-state index contributed by atoms with van der Waals surface area (Å²) in [6.07, 6.45) is 3.59. The molecule has 1 aliphatic carbocycles. The van der Waals surface area contributed by atoms with E-state index in [0.29, 0.717) is 18.8 Å². The van der Waals surface area contributed by atoms with Crippen molar-refractivity contribution in [2.75, 3.05) is 51.6 Å². The van der Waals surface area contributed by atoms with E-state index in [-0.39, 0.29) is 6.04 Å². The summed E-state index contributed by atoms with van der Waals surface area (Å²) in [5.41, 5.74) is 1.20. The molecule has 3 aliphatic rings. The summed E-state index contributed by atoms with van der Waals surface area (Å²) in [5.74, 6) is 1.23. The zero-order chi connectivity index (χ0) is 17.3. The van der Waals surface area contributed by atoms with Gasteiger partial charge in [-0.3, -0.25) is 4.90 Å². The maximum Gasteiger partial charge on any atom is 0.215 e. The molecule has 25 heavy (non-hydrogen) atoms. The van der Waals surface area contributed by atoms with Crippen molar-refractivity contribution in [2.24, 2.45) is 5.92 Å². The van der Waals surface area contributed by atoms with E-state index < -0.39 is 10.0 Å². The summed E-state index contributed by atoms with van der Waals surface area (Å²) in [5, 5.41) is 0. The molecule has 4 rings (SSSR count). The van der Waals surface area contributed by atoms with E-state index >= 15 is 0 Å². The van der Waals surface area contributed by atoms with Crippen LogP contribution in [0.15, 0.2) is 30.3 Å². The summed E-state index contributed by atoms with van der Waals surface area (Å²) in [6.45, 7) is 6.73. The Kier molecular flexibility index (Phi) is 5.13. The fourth-order valence-corrected chi connectivity index (χ4v) is 5.86. The maximum absolute atomic E-state index is 12.5. The minimum Gasteiger partial charge on any atom is -0.301 e. The van der Waals surface area contributed by atoms with E-state index in [1.807, 2.05) is 18.2 Å². The third-order valence-electron chi connectivity index (χ3n) is 5.84. The van der Waals surface area contributed by atoms with Crippen LogP contribution in [0, 0.1) is 5.92 Å². The molecule has 2 heterocycles. The van der Waals surface area contributed by atoms with Gasteiger partial charge in [0.15, 0.2) is 0 Å². The van der Waals surface area contributed by atoms with Crippen LogP contribution in [-0.2, 0) is 16.4 Å². The Morgan fingerprint density at radius 1 is 1.00 bits per heavy atom. The van der Waals surface area contributed by atoms with Gasteiger partial charge in [-0.1, -0.05) is 30.3 Å². The van der Waals surface area contributed by atoms with Crippen molar-refractivity contribution in [3.05, 3.63) is 35.9 Å². The molecule has 0 amide bonds. The predicted molar refractivity (Wildman–Crippen MR) is 100 cm³/mol. The second kappa shape index (κ2) is 7.35. The van der Waals surface area contributed by atoms with Gasteiger partial charge in [0.05, 0.1) is 5.75 Å². The Hall–Kier alpha value is -0.950. The largest absolute Gasteiger partial charge is 0.301 e. The first-order valence-electron chi connectivity index (χ1n) is 9.58. The summed E-state index contributed by atoms with van der Waals surface area (Å²) in [7, 11) is -3.10. The van der Waals surface area contributed by atoms with Gasteiger partial charge in [-0.2, -0.15) is 4.31 Å². The van der Waals surface area contributed by atoms with Gasteiger partial charge in [0, 0.05) is 51.9 Å². The average Bonchev–Trinajstić information content (AvgIpc) is 3.37. The molecule has 0 N–H and O–H groups in total. The maximum atomic E-state index is 12.5. The van der Waals surface area contributed by atoms with Crippen molar-refractivity contribution in [2.45, 2.75) is 25.3 Å². The van der Waals surface area contributed by atoms with Crippen LogP contribution in [0.2, 0.25) is 0 Å². The first kappa shape index (κ1) is 17.5. The molecule has 2 aliphatic heterocycles. The Morgan fingerprint density at radius 2 is 1.72 bits per heavy atom. The third-order valence-corrected chi connectivity index (χ3v) is 7.76. The number of hydrogen-bond acceptors (Lipinski definition) is 4. The van der Waals surface area contributed by atoms with Gasteiger partial charge in [-0.05, 0) is 30.7 Å². The van der Waals surface area contributed by atoms with Crippen molar-refractivity contribution in [3.63, 3.8) is 0 Å². The van der Waals surface area contributed by atoms with Crippen molar-refractivity contribution < 1.29 is 8.42 Å². The van der Waals surface area contributed by atoms with Gasteiger partial charge >= 0.3 is 0 Å². The zero-order valence-electron chi connectivity index (χ0n) is 14.9.